The summed E-state index contributed by atoms with van der Waals surface area (Å²) in [7, 11) is -4.20. The van der Waals surface area contributed by atoms with E-state index in [1.807, 2.05) is 24.3 Å². The minimum absolute atomic E-state index is 0.0687. The van der Waals surface area contributed by atoms with E-state index >= 15 is 0 Å². The summed E-state index contributed by atoms with van der Waals surface area (Å²) in [6.45, 7) is 1.31. The number of hydrogen-bond donors (Lipinski definition) is 1. The summed E-state index contributed by atoms with van der Waals surface area (Å²) in [5.41, 5.74) is 0.245. The maximum Gasteiger partial charge on any atom is 0.327 e. The Morgan fingerprint density at radius 2 is 1.63 bits per heavy atom. The van der Waals surface area contributed by atoms with Crippen LogP contribution in [0.5, 0.6) is 0 Å². The van der Waals surface area contributed by atoms with Crippen molar-refractivity contribution in [2.45, 2.75) is 17.9 Å². The first kappa shape index (κ1) is 19.5. The summed E-state index contributed by atoms with van der Waals surface area (Å²) in [5, 5.41) is 11.5. The van der Waals surface area contributed by atoms with Gasteiger partial charge in [-0.05, 0) is 48.0 Å². The van der Waals surface area contributed by atoms with Gasteiger partial charge in [0, 0.05) is 0 Å². The minimum atomic E-state index is -4.20. The second-order valence-corrected chi connectivity index (χ2v) is 8.55. The molecule has 0 aliphatic rings. The Balaban J connectivity index is 2.20. The predicted molar refractivity (Wildman–Crippen MR) is 107 cm³/mol. The van der Waals surface area contributed by atoms with Crippen molar-refractivity contribution in [2.75, 3.05) is 4.31 Å². The van der Waals surface area contributed by atoms with E-state index in [0.29, 0.717) is 0 Å². The van der Waals surface area contributed by atoms with E-state index < -0.39 is 22.0 Å². The maximum absolute atomic E-state index is 13.2. The molecule has 140 valence electrons. The Hall–Kier alpha value is -2.28. The quantitative estimate of drug-likeness (QED) is 0.638. The van der Waals surface area contributed by atoms with E-state index in [1.54, 1.807) is 18.2 Å². The van der Waals surface area contributed by atoms with Gasteiger partial charge in [-0.25, -0.2) is 13.2 Å². The summed E-state index contributed by atoms with van der Waals surface area (Å²) < 4.78 is 27.4. The predicted octanol–water partition coefficient (Wildman–Crippen LogP) is 4.82. The van der Waals surface area contributed by atoms with Crippen LogP contribution in [0.2, 0.25) is 10.0 Å². The van der Waals surface area contributed by atoms with Crippen LogP contribution in [0.4, 0.5) is 5.69 Å². The third-order valence-corrected chi connectivity index (χ3v) is 6.78. The van der Waals surface area contributed by atoms with Gasteiger partial charge in [-0.1, -0.05) is 53.5 Å². The van der Waals surface area contributed by atoms with Crippen LogP contribution in [0.3, 0.4) is 0 Å². The monoisotopic (exact) mass is 423 g/mol. The topological polar surface area (TPSA) is 74.7 Å². The normalized spacial score (nSPS) is 12.7. The fourth-order valence-corrected chi connectivity index (χ4v) is 4.73. The second kappa shape index (κ2) is 7.38. The molecular formula is C19H15Cl2NO4S. The van der Waals surface area contributed by atoms with E-state index in [9.17, 15) is 18.3 Å². The average molecular weight is 424 g/mol. The number of benzene rings is 3. The second-order valence-electron chi connectivity index (χ2n) is 5.92. The lowest BCUT2D eigenvalue weighted by atomic mass is 10.1. The molecule has 27 heavy (non-hydrogen) atoms. The Morgan fingerprint density at radius 3 is 2.26 bits per heavy atom. The first-order chi connectivity index (χ1) is 12.7. The molecule has 0 spiro atoms. The van der Waals surface area contributed by atoms with Gasteiger partial charge in [0.15, 0.2) is 0 Å². The van der Waals surface area contributed by atoms with Crippen molar-refractivity contribution in [3.05, 3.63) is 70.7 Å². The van der Waals surface area contributed by atoms with E-state index in [4.69, 9.17) is 23.2 Å². The Kier molecular flexibility index (Phi) is 5.33. The first-order valence-electron chi connectivity index (χ1n) is 7.93. The smallest absolute Gasteiger partial charge is 0.327 e. The Labute approximate surface area is 166 Å². The highest BCUT2D eigenvalue weighted by Gasteiger charge is 2.33. The highest BCUT2D eigenvalue weighted by molar-refractivity contribution is 7.93. The molecule has 3 aromatic carbocycles. The maximum atomic E-state index is 13.2. The van der Waals surface area contributed by atoms with E-state index in [0.717, 1.165) is 15.1 Å². The zero-order valence-corrected chi connectivity index (χ0v) is 16.5. The van der Waals surface area contributed by atoms with Gasteiger partial charge in [0.05, 0.1) is 20.6 Å². The van der Waals surface area contributed by atoms with Crippen LogP contribution in [0.15, 0.2) is 65.6 Å². The first-order valence-corrected chi connectivity index (χ1v) is 10.1. The zero-order valence-electron chi connectivity index (χ0n) is 14.1. The van der Waals surface area contributed by atoms with Gasteiger partial charge in [-0.3, -0.25) is 4.31 Å². The molecule has 0 fully saturated rings. The number of rotatable bonds is 5. The summed E-state index contributed by atoms with van der Waals surface area (Å²) in [6.07, 6.45) is 0. The molecule has 0 saturated carbocycles. The molecule has 0 saturated heterocycles. The summed E-state index contributed by atoms with van der Waals surface area (Å²) in [4.78, 5) is 11.5. The minimum Gasteiger partial charge on any atom is -0.480 e. The third-order valence-electron chi connectivity index (χ3n) is 4.14. The van der Waals surface area contributed by atoms with Crippen molar-refractivity contribution in [1.82, 2.24) is 0 Å². The van der Waals surface area contributed by atoms with Gasteiger partial charge >= 0.3 is 5.97 Å². The number of aliphatic carboxylic acids is 1. The lowest BCUT2D eigenvalue weighted by Gasteiger charge is -2.28. The number of sulfonamides is 1. The molecule has 0 heterocycles. The SMILES string of the molecule is CC(C(=O)O)N(c1ccc2ccccc2c1)S(=O)(=O)c1ccc(Cl)c(Cl)c1. The molecule has 0 aliphatic heterocycles. The summed E-state index contributed by atoms with van der Waals surface area (Å²) >= 11 is 11.8. The molecule has 0 radical (unpaired) electrons. The van der Waals surface area contributed by atoms with Gasteiger partial charge in [0.2, 0.25) is 0 Å². The standard InChI is InChI=1S/C19H15Cl2NO4S/c1-12(19(23)24)22(15-7-6-13-4-2-3-5-14(13)10-15)27(25,26)16-8-9-17(20)18(21)11-16/h2-12H,1H3,(H,23,24). The number of carboxylic acids is 1. The molecule has 5 nitrogen and oxygen atoms in total. The number of halogens is 2. The molecule has 1 atom stereocenters. The zero-order chi connectivity index (χ0) is 19.8. The molecule has 0 aromatic heterocycles. The van der Waals surface area contributed by atoms with Gasteiger partial charge < -0.3 is 5.11 Å². The van der Waals surface area contributed by atoms with Crippen LogP contribution in [0.25, 0.3) is 10.8 Å². The van der Waals surface area contributed by atoms with Crippen LogP contribution in [-0.4, -0.2) is 25.5 Å². The molecule has 1 N–H and O–H groups in total. The van der Waals surface area contributed by atoms with E-state index in [1.165, 1.54) is 25.1 Å². The Morgan fingerprint density at radius 1 is 0.963 bits per heavy atom. The molecule has 3 aromatic rings. The molecule has 1 unspecified atom stereocenters. The molecule has 0 aliphatic carbocycles. The fourth-order valence-electron chi connectivity index (χ4n) is 2.74. The van der Waals surface area contributed by atoms with Crippen molar-refractivity contribution in [2.24, 2.45) is 0 Å². The number of fused-ring (bicyclic) bond motifs is 1. The highest BCUT2D eigenvalue weighted by Crippen LogP contribution is 2.32. The van der Waals surface area contributed by atoms with E-state index in [2.05, 4.69) is 0 Å². The van der Waals surface area contributed by atoms with Gasteiger partial charge in [0.1, 0.15) is 6.04 Å². The van der Waals surface area contributed by atoms with E-state index in [-0.39, 0.29) is 20.6 Å². The Bertz CT molecular complexity index is 1130. The lowest BCUT2D eigenvalue weighted by molar-refractivity contribution is -0.137. The van der Waals surface area contributed by atoms with Crippen molar-refractivity contribution < 1.29 is 18.3 Å². The summed E-state index contributed by atoms with van der Waals surface area (Å²) in [6, 6.07) is 14.9. The summed E-state index contributed by atoms with van der Waals surface area (Å²) in [5.74, 6) is -1.27. The van der Waals surface area contributed by atoms with Crippen molar-refractivity contribution in [1.29, 1.82) is 0 Å². The van der Waals surface area contributed by atoms with Crippen LogP contribution < -0.4 is 4.31 Å². The number of anilines is 1. The van der Waals surface area contributed by atoms with Crippen LogP contribution >= 0.6 is 23.2 Å². The van der Waals surface area contributed by atoms with Crippen molar-refractivity contribution >= 4 is 55.7 Å². The fraction of sp³-hybridized carbons (Fsp3) is 0.105. The van der Waals surface area contributed by atoms with Crippen LogP contribution in [0, 0.1) is 0 Å². The third kappa shape index (κ3) is 3.74. The van der Waals surface area contributed by atoms with Gasteiger partial charge in [-0.15, -0.1) is 0 Å². The van der Waals surface area contributed by atoms with Gasteiger partial charge in [-0.2, -0.15) is 0 Å². The van der Waals surface area contributed by atoms with Crippen molar-refractivity contribution in [3.8, 4) is 0 Å². The van der Waals surface area contributed by atoms with Crippen LogP contribution in [-0.2, 0) is 14.8 Å². The molecule has 8 heteroatoms. The van der Waals surface area contributed by atoms with Gasteiger partial charge in [0.25, 0.3) is 10.0 Å². The lowest BCUT2D eigenvalue weighted by Crippen LogP contribution is -2.43. The van der Waals surface area contributed by atoms with Crippen LogP contribution in [0.1, 0.15) is 6.92 Å². The number of nitrogens with zero attached hydrogens (tertiary/aromatic N) is 1. The average Bonchev–Trinajstić information content (AvgIpc) is 2.63. The molecule has 0 amide bonds. The number of hydrogen-bond acceptors (Lipinski definition) is 3. The van der Waals surface area contributed by atoms with Crippen molar-refractivity contribution in [3.63, 3.8) is 0 Å². The highest BCUT2D eigenvalue weighted by atomic mass is 35.5. The molecular weight excluding hydrogens is 409 g/mol. The molecule has 0 bridgehead atoms. The largest absolute Gasteiger partial charge is 0.480 e. The number of carboxylic acid groups (broad SMARTS) is 1. The number of carbonyl (C=O) groups is 1. The molecule has 3 rings (SSSR count).